The molecule has 0 unspecified atom stereocenters. The summed E-state index contributed by atoms with van der Waals surface area (Å²) in [5, 5.41) is 28.3. The van der Waals surface area contributed by atoms with Crippen molar-refractivity contribution in [3.05, 3.63) is 40.2 Å². The van der Waals surface area contributed by atoms with Gasteiger partial charge in [0.25, 0.3) is 0 Å². The molecule has 0 saturated heterocycles. The van der Waals surface area contributed by atoms with E-state index in [1.54, 1.807) is 6.20 Å². The van der Waals surface area contributed by atoms with E-state index in [0.717, 1.165) is 18.9 Å². The van der Waals surface area contributed by atoms with Crippen molar-refractivity contribution in [2.45, 2.75) is 32.4 Å². The van der Waals surface area contributed by atoms with Crippen LogP contribution in [-0.2, 0) is 11.3 Å². The molecule has 0 spiro atoms. The molecule has 1 aromatic heterocycles. The van der Waals surface area contributed by atoms with Gasteiger partial charge in [0, 0.05) is 11.6 Å². The van der Waals surface area contributed by atoms with Gasteiger partial charge >= 0.3 is 5.97 Å². The summed E-state index contributed by atoms with van der Waals surface area (Å²) in [6, 6.07) is 1.04. The molecule has 3 atom stereocenters. The Morgan fingerprint density at radius 2 is 2.12 bits per heavy atom. The van der Waals surface area contributed by atoms with E-state index in [4.69, 9.17) is 16.3 Å². The summed E-state index contributed by atoms with van der Waals surface area (Å²) >= 11 is 6.20. The molecule has 1 aliphatic heterocycles. The lowest BCUT2D eigenvalue weighted by Crippen LogP contribution is -2.18. The maximum Gasteiger partial charge on any atom is 0.342 e. The summed E-state index contributed by atoms with van der Waals surface area (Å²) < 4.78 is 7.02. The fraction of sp³-hybridized carbons (Fsp3) is 0.389. The van der Waals surface area contributed by atoms with Gasteiger partial charge < -0.3 is 14.9 Å². The first-order chi connectivity index (χ1) is 12.4. The number of fused-ring (bicyclic) bond motifs is 4. The Labute approximate surface area is 154 Å². The van der Waals surface area contributed by atoms with E-state index in [1.165, 1.54) is 4.68 Å². The molecule has 2 N–H and O–H groups in total. The highest BCUT2D eigenvalue weighted by Gasteiger charge is 2.37. The second-order valence-corrected chi connectivity index (χ2v) is 7.27. The van der Waals surface area contributed by atoms with Gasteiger partial charge in [-0.15, -0.1) is 5.10 Å². The van der Waals surface area contributed by atoms with Crippen LogP contribution >= 0.6 is 11.6 Å². The van der Waals surface area contributed by atoms with Crippen molar-refractivity contribution >= 4 is 23.6 Å². The van der Waals surface area contributed by atoms with Crippen LogP contribution in [0.15, 0.2) is 18.3 Å². The lowest BCUT2D eigenvalue weighted by molar-refractivity contribution is 0.0307. The highest BCUT2D eigenvalue weighted by molar-refractivity contribution is 6.33. The Kier molecular flexibility index (Phi) is 4.11. The van der Waals surface area contributed by atoms with Crippen molar-refractivity contribution in [2.75, 3.05) is 0 Å². The molecule has 1 fully saturated rings. The summed E-state index contributed by atoms with van der Waals surface area (Å²) in [6.45, 7) is 1.90. The molecule has 136 valence electrons. The van der Waals surface area contributed by atoms with Crippen LogP contribution in [0.1, 0.15) is 41.4 Å². The van der Waals surface area contributed by atoms with Crippen LogP contribution in [0.25, 0.3) is 6.08 Å². The Bertz CT molecular complexity index is 908. The number of halogens is 1. The number of cyclic esters (lactones) is 1. The number of nitrogens with zero attached hydrogens (tertiary/aromatic N) is 3. The number of phenols is 2. The molecule has 8 heteroatoms. The van der Waals surface area contributed by atoms with E-state index in [-0.39, 0.29) is 40.3 Å². The average Bonchev–Trinajstić information content (AvgIpc) is 3.14. The number of hydrogen-bond donors (Lipinski definition) is 2. The van der Waals surface area contributed by atoms with Gasteiger partial charge in [-0.1, -0.05) is 22.9 Å². The van der Waals surface area contributed by atoms with Crippen molar-refractivity contribution in [3.8, 4) is 11.5 Å². The third-order valence-corrected chi connectivity index (χ3v) is 5.26. The van der Waals surface area contributed by atoms with Gasteiger partial charge in [-0.25, -0.2) is 9.48 Å². The summed E-state index contributed by atoms with van der Waals surface area (Å²) in [4.78, 5) is 12.7. The summed E-state index contributed by atoms with van der Waals surface area (Å²) in [7, 11) is 0. The van der Waals surface area contributed by atoms with Gasteiger partial charge in [0.2, 0.25) is 0 Å². The van der Waals surface area contributed by atoms with Gasteiger partial charge in [0.1, 0.15) is 22.8 Å². The number of aromatic hydroxyl groups is 2. The highest BCUT2D eigenvalue weighted by Crippen LogP contribution is 2.44. The van der Waals surface area contributed by atoms with E-state index in [0.29, 0.717) is 17.5 Å². The minimum atomic E-state index is -0.669. The molecular formula is C18H18ClN3O4. The quantitative estimate of drug-likeness (QED) is 0.687. The van der Waals surface area contributed by atoms with Crippen molar-refractivity contribution < 1.29 is 19.7 Å². The second-order valence-electron chi connectivity index (χ2n) is 6.89. The van der Waals surface area contributed by atoms with Crippen LogP contribution in [0.5, 0.6) is 11.5 Å². The minimum absolute atomic E-state index is 0.0238. The van der Waals surface area contributed by atoms with Crippen LogP contribution in [-0.4, -0.2) is 37.3 Å². The number of phenolic OH excluding ortho intramolecular Hbond substituents is 2. The number of ether oxygens (including phenoxy) is 1. The molecule has 0 amide bonds. The molecule has 26 heavy (non-hydrogen) atoms. The van der Waals surface area contributed by atoms with Crippen molar-refractivity contribution in [1.82, 2.24) is 15.0 Å². The zero-order valence-electron chi connectivity index (χ0n) is 14.1. The maximum absolute atomic E-state index is 12.7. The Morgan fingerprint density at radius 3 is 2.92 bits per heavy atom. The van der Waals surface area contributed by atoms with E-state index in [9.17, 15) is 15.0 Å². The minimum Gasteiger partial charge on any atom is -0.507 e. The first-order valence-corrected chi connectivity index (χ1v) is 8.82. The molecule has 0 radical (unpaired) electrons. The van der Waals surface area contributed by atoms with Crippen LogP contribution in [0.2, 0.25) is 5.02 Å². The fourth-order valence-electron chi connectivity index (χ4n) is 3.41. The largest absolute Gasteiger partial charge is 0.507 e. The number of benzene rings is 1. The van der Waals surface area contributed by atoms with E-state index in [1.807, 2.05) is 13.0 Å². The maximum atomic E-state index is 12.7. The summed E-state index contributed by atoms with van der Waals surface area (Å²) in [5.41, 5.74) is 0.880. The Morgan fingerprint density at radius 1 is 1.31 bits per heavy atom. The van der Waals surface area contributed by atoms with Crippen molar-refractivity contribution in [3.63, 3.8) is 0 Å². The van der Waals surface area contributed by atoms with Gasteiger partial charge in [-0.3, -0.25) is 0 Å². The zero-order valence-corrected chi connectivity index (χ0v) is 14.8. The number of carbonyl (C=O) groups excluding carboxylic acids is 1. The van der Waals surface area contributed by atoms with Gasteiger partial charge in [-0.2, -0.15) is 0 Å². The van der Waals surface area contributed by atoms with Gasteiger partial charge in [-0.05, 0) is 37.7 Å². The number of carbonyl (C=O) groups is 1. The lowest BCUT2D eigenvalue weighted by atomic mass is 10.0. The highest BCUT2D eigenvalue weighted by atomic mass is 35.5. The average molecular weight is 376 g/mol. The van der Waals surface area contributed by atoms with E-state index >= 15 is 0 Å². The molecule has 7 nitrogen and oxygen atoms in total. The Hall–Kier alpha value is -2.54. The summed E-state index contributed by atoms with van der Waals surface area (Å²) in [5.74, 6) is -0.446. The van der Waals surface area contributed by atoms with Crippen LogP contribution in [0.4, 0.5) is 0 Å². The topological polar surface area (TPSA) is 97.5 Å². The number of allylic oxidation sites excluding steroid dienone is 1. The number of esters is 1. The normalized spacial score (nSPS) is 26.2. The SMILES string of the molecule is C[C@@H]1C[C@H]2C[C@H]2/C=C/c2cn(nn2)Cc2c(Cl)c(O)cc(O)c2C(=O)O1. The standard InChI is InChI=1S/C18H18ClN3O4/c1-9-4-11-5-10(11)2-3-12-7-22(21-20-12)8-13-16(18(25)26-9)14(23)6-15(24)17(13)19/h2-3,6-7,9-11,23-24H,4-5,8H2,1H3/b3-2+/t9-,10-,11+/m1/s1. The van der Waals surface area contributed by atoms with Crippen LogP contribution in [0.3, 0.4) is 0 Å². The van der Waals surface area contributed by atoms with Crippen LogP contribution < -0.4 is 0 Å². The molecule has 1 aliphatic carbocycles. The molecule has 1 saturated carbocycles. The van der Waals surface area contributed by atoms with E-state index < -0.39 is 5.97 Å². The number of hydrogen-bond acceptors (Lipinski definition) is 6. The third kappa shape index (κ3) is 3.14. The van der Waals surface area contributed by atoms with Gasteiger partial charge in [0.15, 0.2) is 0 Å². The molecule has 2 bridgehead atoms. The third-order valence-electron chi connectivity index (χ3n) is 4.84. The molecule has 1 aromatic carbocycles. The smallest absolute Gasteiger partial charge is 0.342 e. The number of rotatable bonds is 0. The Balaban J connectivity index is 1.80. The second kappa shape index (κ2) is 6.32. The van der Waals surface area contributed by atoms with Crippen LogP contribution in [0, 0.1) is 11.8 Å². The van der Waals surface area contributed by atoms with Crippen molar-refractivity contribution in [2.24, 2.45) is 11.8 Å². The predicted octanol–water partition coefficient (Wildman–Crippen LogP) is 2.99. The molecule has 4 rings (SSSR count). The monoisotopic (exact) mass is 375 g/mol. The van der Waals surface area contributed by atoms with Gasteiger partial charge in [0.05, 0.1) is 23.9 Å². The van der Waals surface area contributed by atoms with Crippen molar-refractivity contribution in [1.29, 1.82) is 0 Å². The predicted molar refractivity (Wildman–Crippen MR) is 94.0 cm³/mol. The first kappa shape index (κ1) is 16.9. The summed E-state index contributed by atoms with van der Waals surface area (Å²) in [6.07, 6.45) is 7.26. The fourth-order valence-corrected chi connectivity index (χ4v) is 3.61. The molecular weight excluding hydrogens is 358 g/mol. The molecule has 2 aromatic rings. The lowest BCUT2D eigenvalue weighted by Gasteiger charge is -2.17. The molecule has 2 aliphatic rings. The zero-order chi connectivity index (χ0) is 18.4. The first-order valence-electron chi connectivity index (χ1n) is 8.45. The van der Waals surface area contributed by atoms with E-state index in [2.05, 4.69) is 16.4 Å². The molecule has 2 heterocycles. The number of aromatic nitrogens is 3.